The van der Waals surface area contributed by atoms with Crippen LogP contribution < -0.4 is 11.5 Å². The van der Waals surface area contributed by atoms with Gasteiger partial charge in [0.25, 0.3) is 0 Å². The largest absolute Gasteiger partial charge is 0.394 e. The quantitative estimate of drug-likeness (QED) is 0.371. The van der Waals surface area contributed by atoms with Crippen molar-refractivity contribution in [2.45, 2.75) is 24.5 Å². The predicted molar refractivity (Wildman–Crippen MR) is 89.5 cm³/mol. The van der Waals surface area contributed by atoms with E-state index in [1.54, 1.807) is 0 Å². The molecule has 7 N–H and O–H groups in total. The van der Waals surface area contributed by atoms with Gasteiger partial charge in [-0.3, -0.25) is 9.09 Å². The summed E-state index contributed by atoms with van der Waals surface area (Å²) in [6.45, 7) is -4.47. The summed E-state index contributed by atoms with van der Waals surface area (Å²) in [5.41, 5.74) is 12.0. The van der Waals surface area contributed by atoms with Crippen LogP contribution in [-0.2, 0) is 25.8 Å². The van der Waals surface area contributed by atoms with Gasteiger partial charge in [0.1, 0.15) is 23.8 Å². The van der Waals surface area contributed by atoms with Crippen molar-refractivity contribution >= 4 is 41.5 Å². The molecule has 0 unspecified atom stereocenters. The fourth-order valence-electron chi connectivity index (χ4n) is 2.76. The maximum atomic E-state index is 9.53. The van der Waals surface area contributed by atoms with Crippen LogP contribution in [0.25, 0.3) is 11.2 Å². The van der Waals surface area contributed by atoms with Crippen LogP contribution in [0.5, 0.6) is 0 Å². The van der Waals surface area contributed by atoms with E-state index in [4.69, 9.17) is 25.5 Å². The Balaban J connectivity index is 2.03. The standard InChI is InChI=1S/C11H17N6O6PS/c1-21-7-6(23-24(19,20)25)4(2-18)22-10(7)17-3-14-5-8(12)15-11(13)16-9(5)17/h3-4,6-7,10,18H,2H2,1H3,(H2,19,20,25)(H4,12,13,15,16)/t4-,6-,7-,10-/m1/s1. The fraction of sp³-hybridized carbons (Fsp3) is 0.545. The first-order chi connectivity index (χ1) is 11.7. The molecular formula is C11H17N6O6PS. The van der Waals surface area contributed by atoms with Crippen LogP contribution in [0.15, 0.2) is 6.33 Å². The second-order valence-electron chi connectivity index (χ2n) is 5.30. The number of nitrogens with two attached hydrogens (primary N) is 2. The summed E-state index contributed by atoms with van der Waals surface area (Å²) in [7, 11) is 1.38. The number of nitrogen functional groups attached to an aromatic ring is 2. The molecule has 0 amide bonds. The first-order valence-electron chi connectivity index (χ1n) is 7.03. The number of hydrogen-bond acceptors (Lipinski definition) is 10. The topological polar surface area (TPSA) is 184 Å². The van der Waals surface area contributed by atoms with Gasteiger partial charge >= 0.3 is 6.72 Å². The molecule has 1 aliphatic rings. The van der Waals surface area contributed by atoms with Crippen molar-refractivity contribution in [2.24, 2.45) is 0 Å². The summed E-state index contributed by atoms with van der Waals surface area (Å²) >= 11 is 4.51. The maximum Gasteiger partial charge on any atom is 0.322 e. The third-order valence-electron chi connectivity index (χ3n) is 3.74. The minimum Gasteiger partial charge on any atom is -0.394 e. The average Bonchev–Trinajstić information content (AvgIpc) is 3.06. The molecule has 14 heteroatoms. The lowest BCUT2D eigenvalue weighted by Crippen LogP contribution is -2.36. The Labute approximate surface area is 146 Å². The van der Waals surface area contributed by atoms with Gasteiger partial charge in [0.05, 0.1) is 12.9 Å². The molecule has 0 saturated carbocycles. The van der Waals surface area contributed by atoms with Crippen molar-refractivity contribution in [1.29, 1.82) is 0 Å². The first kappa shape index (κ1) is 18.4. The van der Waals surface area contributed by atoms with Gasteiger partial charge in [-0.05, 0) is 11.8 Å². The van der Waals surface area contributed by atoms with Crippen LogP contribution in [-0.4, -0.2) is 66.4 Å². The highest BCUT2D eigenvalue weighted by molar-refractivity contribution is 8.06. The van der Waals surface area contributed by atoms with E-state index >= 15 is 0 Å². The Morgan fingerprint density at radius 2 is 2.08 bits per heavy atom. The van der Waals surface area contributed by atoms with E-state index in [0.717, 1.165) is 0 Å². The van der Waals surface area contributed by atoms with Crippen LogP contribution in [0.3, 0.4) is 0 Å². The molecule has 0 radical (unpaired) electrons. The molecule has 138 valence electrons. The molecule has 3 rings (SSSR count). The number of hydrogen-bond donors (Lipinski definition) is 5. The zero-order valence-corrected chi connectivity index (χ0v) is 14.7. The second-order valence-corrected chi connectivity index (χ2v) is 7.92. The number of anilines is 2. The monoisotopic (exact) mass is 392 g/mol. The summed E-state index contributed by atoms with van der Waals surface area (Å²) in [4.78, 5) is 31.0. The molecule has 2 aromatic heterocycles. The number of aliphatic hydroxyl groups excluding tert-OH is 1. The summed E-state index contributed by atoms with van der Waals surface area (Å²) in [6, 6.07) is 0. The average molecular weight is 392 g/mol. The summed E-state index contributed by atoms with van der Waals surface area (Å²) < 4.78 is 17.7. The van der Waals surface area contributed by atoms with E-state index in [2.05, 4.69) is 26.8 Å². The van der Waals surface area contributed by atoms with Gasteiger partial charge in [-0.1, -0.05) is 0 Å². The number of imidazole rings is 1. The molecule has 25 heavy (non-hydrogen) atoms. The number of nitrogens with zero attached hydrogens (tertiary/aromatic N) is 4. The lowest BCUT2D eigenvalue weighted by Gasteiger charge is -2.24. The van der Waals surface area contributed by atoms with E-state index in [9.17, 15) is 14.9 Å². The van der Waals surface area contributed by atoms with Crippen molar-refractivity contribution < 1.29 is 28.9 Å². The second kappa shape index (κ2) is 6.70. The minimum absolute atomic E-state index is 0.0496. The number of fused-ring (bicyclic) bond motifs is 1. The Bertz CT molecular complexity index is 829. The number of aliphatic hydroxyl groups is 1. The molecule has 1 fully saturated rings. The molecular weight excluding hydrogens is 375 g/mol. The minimum atomic E-state index is -4.01. The van der Waals surface area contributed by atoms with Crippen LogP contribution in [0.2, 0.25) is 0 Å². The Morgan fingerprint density at radius 1 is 1.36 bits per heavy atom. The van der Waals surface area contributed by atoms with Gasteiger partial charge in [0.2, 0.25) is 5.95 Å². The fourth-order valence-corrected chi connectivity index (χ4v) is 3.63. The van der Waals surface area contributed by atoms with E-state index in [1.165, 1.54) is 18.0 Å². The highest BCUT2D eigenvalue weighted by Crippen LogP contribution is 2.45. The van der Waals surface area contributed by atoms with E-state index < -0.39 is 37.9 Å². The van der Waals surface area contributed by atoms with Crippen molar-refractivity contribution in [2.75, 3.05) is 25.2 Å². The number of methoxy groups -OCH3 is 1. The van der Waals surface area contributed by atoms with Crippen molar-refractivity contribution in [1.82, 2.24) is 19.5 Å². The maximum absolute atomic E-state index is 9.53. The van der Waals surface area contributed by atoms with Gasteiger partial charge in [-0.25, -0.2) is 4.98 Å². The normalized spacial score (nSPS) is 27.2. The highest BCUT2D eigenvalue weighted by Gasteiger charge is 2.48. The Morgan fingerprint density at radius 3 is 2.68 bits per heavy atom. The molecule has 0 spiro atoms. The molecule has 12 nitrogen and oxygen atoms in total. The zero-order valence-electron chi connectivity index (χ0n) is 13.0. The number of ether oxygens (including phenoxy) is 2. The van der Waals surface area contributed by atoms with Crippen LogP contribution in [0, 0.1) is 0 Å². The molecule has 0 aliphatic carbocycles. The van der Waals surface area contributed by atoms with E-state index in [-0.39, 0.29) is 11.8 Å². The van der Waals surface area contributed by atoms with Crippen molar-refractivity contribution in [3.8, 4) is 0 Å². The lowest BCUT2D eigenvalue weighted by atomic mass is 10.1. The highest BCUT2D eigenvalue weighted by atomic mass is 32.5. The summed E-state index contributed by atoms with van der Waals surface area (Å²) in [6.07, 6.45) is -2.22. The van der Waals surface area contributed by atoms with E-state index in [1.807, 2.05) is 0 Å². The summed E-state index contributed by atoms with van der Waals surface area (Å²) in [5, 5.41) is 9.53. The van der Waals surface area contributed by atoms with Crippen LogP contribution >= 0.6 is 6.72 Å². The lowest BCUT2D eigenvalue weighted by molar-refractivity contribution is -0.0583. The molecule has 1 saturated heterocycles. The Kier molecular flexibility index (Phi) is 4.92. The molecule has 4 atom stereocenters. The zero-order chi connectivity index (χ0) is 18.4. The van der Waals surface area contributed by atoms with Gasteiger partial charge < -0.3 is 35.8 Å². The molecule has 3 heterocycles. The van der Waals surface area contributed by atoms with Crippen LogP contribution in [0.1, 0.15) is 6.23 Å². The van der Waals surface area contributed by atoms with Crippen molar-refractivity contribution in [3.05, 3.63) is 6.33 Å². The van der Waals surface area contributed by atoms with Crippen molar-refractivity contribution in [3.63, 3.8) is 0 Å². The number of rotatable bonds is 5. The molecule has 0 bridgehead atoms. The Hall–Kier alpha value is -1.44. The van der Waals surface area contributed by atoms with Gasteiger partial charge in [0, 0.05) is 7.11 Å². The molecule has 0 aromatic carbocycles. The SMILES string of the molecule is CO[C@@H]1[C@H](OP(O)(O)=S)[C@@H](CO)O[C@H]1n1cnc2c(N)nc(N)nc21. The van der Waals surface area contributed by atoms with Crippen LogP contribution in [0.4, 0.5) is 11.8 Å². The smallest absolute Gasteiger partial charge is 0.322 e. The molecule has 2 aromatic rings. The van der Waals surface area contributed by atoms with Gasteiger partial charge in [-0.15, -0.1) is 0 Å². The number of aromatic nitrogens is 4. The van der Waals surface area contributed by atoms with Gasteiger partial charge in [0.15, 0.2) is 17.7 Å². The third kappa shape index (κ3) is 3.45. The predicted octanol–water partition coefficient (Wildman–Crippen LogP) is -1.51. The summed E-state index contributed by atoms with van der Waals surface area (Å²) in [5.74, 6) is 0.0485. The van der Waals surface area contributed by atoms with E-state index in [0.29, 0.717) is 11.2 Å². The van der Waals surface area contributed by atoms with Gasteiger partial charge in [-0.2, -0.15) is 9.97 Å². The molecule has 1 aliphatic heterocycles. The first-order valence-corrected chi connectivity index (χ1v) is 9.66. The third-order valence-corrected chi connectivity index (χ3v) is 4.51.